The summed E-state index contributed by atoms with van der Waals surface area (Å²) in [4.78, 5) is 4.24. The minimum absolute atomic E-state index is 0.839. The van der Waals surface area contributed by atoms with Crippen molar-refractivity contribution in [3.63, 3.8) is 0 Å². The van der Waals surface area contributed by atoms with Crippen LogP contribution in [0, 0.1) is 0 Å². The van der Waals surface area contributed by atoms with Crippen molar-refractivity contribution in [3.8, 4) is 0 Å². The van der Waals surface area contributed by atoms with E-state index in [1.165, 1.54) is 0 Å². The number of benzene rings is 1. The molecular formula is C10H14N2. The van der Waals surface area contributed by atoms with Crippen LogP contribution in [0.5, 0.6) is 0 Å². The number of likely N-dealkylation sites (N-methyl/N-ethyl adjacent to an activating group) is 1. The highest BCUT2D eigenvalue weighted by atomic mass is 14.9. The van der Waals surface area contributed by atoms with E-state index in [2.05, 4.69) is 10.3 Å². The van der Waals surface area contributed by atoms with Crippen LogP contribution in [0.25, 0.3) is 0 Å². The van der Waals surface area contributed by atoms with Crippen molar-refractivity contribution < 1.29 is 0 Å². The molecule has 0 aliphatic rings. The first-order valence-electron chi connectivity index (χ1n) is 4.13. The fourth-order valence-corrected chi connectivity index (χ4v) is 0.885. The predicted octanol–water partition coefficient (Wildman–Crippen LogP) is 1.32. The lowest BCUT2D eigenvalue weighted by Gasteiger charge is -1.92. The maximum atomic E-state index is 4.24. The van der Waals surface area contributed by atoms with Gasteiger partial charge in [-0.25, -0.2) is 0 Å². The van der Waals surface area contributed by atoms with Gasteiger partial charge >= 0.3 is 0 Å². The molecule has 1 N–H and O–H groups in total. The zero-order valence-electron chi connectivity index (χ0n) is 7.33. The number of aliphatic imine (C=N–C) groups is 1. The van der Waals surface area contributed by atoms with Crippen molar-refractivity contribution in [1.29, 1.82) is 0 Å². The lowest BCUT2D eigenvalue weighted by Crippen LogP contribution is -2.10. The fraction of sp³-hybridized carbons (Fsp3) is 0.300. The zero-order chi connectivity index (χ0) is 8.65. The van der Waals surface area contributed by atoms with Crippen molar-refractivity contribution in [1.82, 2.24) is 5.32 Å². The van der Waals surface area contributed by atoms with Gasteiger partial charge in [-0.05, 0) is 12.6 Å². The fourth-order valence-electron chi connectivity index (χ4n) is 0.885. The molecule has 0 saturated carbocycles. The molecule has 0 aliphatic carbocycles. The molecule has 2 heteroatoms. The van der Waals surface area contributed by atoms with Crippen LogP contribution in [0.15, 0.2) is 35.3 Å². The maximum absolute atomic E-state index is 4.24. The van der Waals surface area contributed by atoms with Gasteiger partial charge in [-0.1, -0.05) is 30.3 Å². The standard InChI is InChI=1S/C10H14N2/c1-11-7-8-12-9-10-5-3-2-4-6-10/h2-6,9,11H,7-8H2,1H3. The van der Waals surface area contributed by atoms with E-state index < -0.39 is 0 Å². The lowest BCUT2D eigenvalue weighted by molar-refractivity contribution is 0.804. The van der Waals surface area contributed by atoms with Gasteiger partial charge in [0, 0.05) is 12.8 Å². The molecule has 0 aliphatic heterocycles. The number of nitrogens with one attached hydrogen (secondary N) is 1. The smallest absolute Gasteiger partial charge is 0.0514 e. The van der Waals surface area contributed by atoms with E-state index in [-0.39, 0.29) is 0 Å². The molecule has 0 amide bonds. The van der Waals surface area contributed by atoms with Gasteiger partial charge in [-0.3, -0.25) is 4.99 Å². The van der Waals surface area contributed by atoms with Gasteiger partial charge in [-0.2, -0.15) is 0 Å². The van der Waals surface area contributed by atoms with Gasteiger partial charge in [0.2, 0.25) is 0 Å². The molecule has 1 aromatic carbocycles. The average molecular weight is 162 g/mol. The second-order valence-electron chi connectivity index (χ2n) is 2.55. The molecular weight excluding hydrogens is 148 g/mol. The molecule has 0 spiro atoms. The Morgan fingerprint density at radius 3 is 2.75 bits per heavy atom. The Morgan fingerprint density at radius 1 is 1.33 bits per heavy atom. The van der Waals surface area contributed by atoms with Crippen LogP contribution in [0.3, 0.4) is 0 Å². The summed E-state index contributed by atoms with van der Waals surface area (Å²) >= 11 is 0. The Labute approximate surface area is 73.3 Å². The Kier molecular flexibility index (Phi) is 4.09. The Morgan fingerprint density at radius 2 is 2.08 bits per heavy atom. The molecule has 1 aromatic rings. The summed E-state index contributed by atoms with van der Waals surface area (Å²) in [7, 11) is 1.93. The van der Waals surface area contributed by atoms with Gasteiger partial charge < -0.3 is 5.32 Å². The van der Waals surface area contributed by atoms with Gasteiger partial charge in [0.25, 0.3) is 0 Å². The van der Waals surface area contributed by atoms with Gasteiger partial charge in [0.05, 0.1) is 6.54 Å². The quantitative estimate of drug-likeness (QED) is 0.524. The summed E-state index contributed by atoms with van der Waals surface area (Å²) in [5.41, 5.74) is 1.16. The largest absolute Gasteiger partial charge is 0.318 e. The minimum atomic E-state index is 0.839. The monoisotopic (exact) mass is 162 g/mol. The number of nitrogens with zero attached hydrogens (tertiary/aromatic N) is 1. The first kappa shape index (κ1) is 8.94. The van der Waals surface area contributed by atoms with Crippen LogP contribution >= 0.6 is 0 Å². The molecule has 64 valence electrons. The van der Waals surface area contributed by atoms with E-state index in [0.717, 1.165) is 18.7 Å². The van der Waals surface area contributed by atoms with Crippen LogP contribution in [0.1, 0.15) is 5.56 Å². The lowest BCUT2D eigenvalue weighted by atomic mass is 10.2. The van der Waals surface area contributed by atoms with Gasteiger partial charge in [-0.15, -0.1) is 0 Å². The Bertz CT molecular complexity index is 229. The topological polar surface area (TPSA) is 24.4 Å². The van der Waals surface area contributed by atoms with Crippen molar-refractivity contribution in [2.45, 2.75) is 0 Å². The van der Waals surface area contributed by atoms with Gasteiger partial charge in [0.15, 0.2) is 0 Å². The summed E-state index contributed by atoms with van der Waals surface area (Å²) in [5, 5.41) is 3.04. The summed E-state index contributed by atoms with van der Waals surface area (Å²) in [6.07, 6.45) is 1.90. The third-order valence-corrected chi connectivity index (χ3v) is 1.53. The number of hydrogen-bond acceptors (Lipinski definition) is 2. The highest BCUT2D eigenvalue weighted by Gasteiger charge is 1.82. The summed E-state index contributed by atoms with van der Waals surface area (Å²) < 4.78 is 0. The molecule has 0 bridgehead atoms. The maximum Gasteiger partial charge on any atom is 0.0514 e. The molecule has 1 rings (SSSR count). The van der Waals surface area contributed by atoms with E-state index in [1.807, 2.05) is 43.6 Å². The Balaban J connectivity index is 2.36. The normalized spacial score (nSPS) is 10.8. The van der Waals surface area contributed by atoms with E-state index in [4.69, 9.17) is 0 Å². The van der Waals surface area contributed by atoms with Crippen molar-refractivity contribution in [2.75, 3.05) is 20.1 Å². The van der Waals surface area contributed by atoms with Gasteiger partial charge in [0.1, 0.15) is 0 Å². The predicted molar refractivity (Wildman–Crippen MR) is 52.8 cm³/mol. The molecule has 0 radical (unpaired) electrons. The minimum Gasteiger partial charge on any atom is -0.318 e. The van der Waals surface area contributed by atoms with Crippen molar-refractivity contribution >= 4 is 6.21 Å². The molecule has 2 nitrogen and oxygen atoms in total. The van der Waals surface area contributed by atoms with Crippen LogP contribution in [-0.4, -0.2) is 26.4 Å². The molecule has 0 saturated heterocycles. The summed E-state index contributed by atoms with van der Waals surface area (Å²) in [6.45, 7) is 1.77. The SMILES string of the molecule is CNCCN=Cc1ccccc1. The highest BCUT2D eigenvalue weighted by molar-refractivity contribution is 5.79. The van der Waals surface area contributed by atoms with Crippen LogP contribution in [0.4, 0.5) is 0 Å². The molecule has 0 fully saturated rings. The molecule has 0 heterocycles. The molecule has 0 atom stereocenters. The Hall–Kier alpha value is -1.15. The number of hydrogen-bond donors (Lipinski definition) is 1. The zero-order valence-corrected chi connectivity index (χ0v) is 7.33. The molecule has 12 heavy (non-hydrogen) atoms. The molecule has 0 aromatic heterocycles. The third kappa shape index (κ3) is 3.30. The van der Waals surface area contributed by atoms with Crippen LogP contribution < -0.4 is 5.32 Å². The average Bonchev–Trinajstić information content (AvgIpc) is 2.14. The molecule has 0 unspecified atom stereocenters. The van der Waals surface area contributed by atoms with Crippen LogP contribution in [0.2, 0.25) is 0 Å². The number of rotatable bonds is 4. The second kappa shape index (κ2) is 5.49. The van der Waals surface area contributed by atoms with E-state index >= 15 is 0 Å². The van der Waals surface area contributed by atoms with E-state index in [0.29, 0.717) is 0 Å². The van der Waals surface area contributed by atoms with Crippen molar-refractivity contribution in [2.24, 2.45) is 4.99 Å². The first-order chi connectivity index (χ1) is 5.93. The highest BCUT2D eigenvalue weighted by Crippen LogP contribution is 1.93. The van der Waals surface area contributed by atoms with Crippen LogP contribution in [-0.2, 0) is 0 Å². The van der Waals surface area contributed by atoms with E-state index in [9.17, 15) is 0 Å². The first-order valence-corrected chi connectivity index (χ1v) is 4.13. The summed E-state index contributed by atoms with van der Waals surface area (Å²) in [5.74, 6) is 0. The van der Waals surface area contributed by atoms with Crippen molar-refractivity contribution in [3.05, 3.63) is 35.9 Å². The second-order valence-corrected chi connectivity index (χ2v) is 2.55. The van der Waals surface area contributed by atoms with E-state index in [1.54, 1.807) is 0 Å². The summed E-state index contributed by atoms with van der Waals surface area (Å²) in [6, 6.07) is 10.1. The third-order valence-electron chi connectivity index (χ3n) is 1.53.